The fraction of sp³-hybridized carbons (Fsp3) is 0.632. The summed E-state index contributed by atoms with van der Waals surface area (Å²) >= 11 is 2.12. The first kappa shape index (κ1) is 21.5. The van der Waals surface area contributed by atoms with Crippen molar-refractivity contribution in [1.29, 1.82) is 0 Å². The van der Waals surface area contributed by atoms with E-state index in [1.807, 2.05) is 20.8 Å². The van der Waals surface area contributed by atoms with E-state index in [1.165, 1.54) is 0 Å². The monoisotopic (exact) mass is 512 g/mol. The third kappa shape index (κ3) is 5.26. The van der Waals surface area contributed by atoms with Crippen molar-refractivity contribution in [3.05, 3.63) is 15.0 Å². The standard InChI is InChI=1S/C19H25IN6O3/c1-5-6-7-19(24-25-19)8-9-21-16(27)15-13(20)14(22-23-15)12-10-26(11-12)17(28)29-18(2,3)4/h1,12H,6-11H2,2-4H3,(H,21,27)(H,22,23). The molecule has 2 aliphatic heterocycles. The molecule has 3 heterocycles. The van der Waals surface area contributed by atoms with Crippen molar-refractivity contribution in [3.8, 4) is 12.3 Å². The molecular formula is C19H25IN6O3. The number of H-pyrrole nitrogens is 1. The van der Waals surface area contributed by atoms with Gasteiger partial charge in [-0.2, -0.15) is 15.3 Å². The molecule has 2 aliphatic rings. The van der Waals surface area contributed by atoms with Crippen LogP contribution in [-0.4, -0.2) is 58.0 Å². The number of likely N-dealkylation sites (tertiary alicyclic amines) is 1. The summed E-state index contributed by atoms with van der Waals surface area (Å²) in [6.07, 6.45) is 6.91. The molecule has 0 bridgehead atoms. The fourth-order valence-corrected chi connectivity index (χ4v) is 3.95. The van der Waals surface area contributed by atoms with Gasteiger partial charge >= 0.3 is 6.09 Å². The average molecular weight is 512 g/mol. The minimum Gasteiger partial charge on any atom is -0.444 e. The number of aromatic amines is 1. The first-order valence-corrected chi connectivity index (χ1v) is 10.6. The SMILES string of the molecule is C#CCCC1(CCNC(=O)c2n[nH]c(C3CN(C(=O)OC(C)(C)C)C3)c2I)N=N1. The van der Waals surface area contributed by atoms with Gasteiger partial charge in [-0.1, -0.05) is 0 Å². The highest BCUT2D eigenvalue weighted by Crippen LogP contribution is 2.36. The highest BCUT2D eigenvalue weighted by atomic mass is 127. The molecule has 0 saturated carbocycles. The molecule has 9 nitrogen and oxygen atoms in total. The molecular weight excluding hydrogens is 487 g/mol. The highest BCUT2D eigenvalue weighted by Gasteiger charge is 2.39. The van der Waals surface area contributed by atoms with Crippen molar-refractivity contribution in [2.24, 2.45) is 10.2 Å². The molecule has 2 amide bonds. The van der Waals surface area contributed by atoms with Gasteiger partial charge in [0.15, 0.2) is 11.4 Å². The molecule has 0 aliphatic carbocycles. The summed E-state index contributed by atoms with van der Waals surface area (Å²) in [7, 11) is 0. The Balaban J connectivity index is 1.48. The zero-order valence-corrected chi connectivity index (χ0v) is 18.9. The van der Waals surface area contributed by atoms with Gasteiger partial charge in [0.05, 0.1) is 9.26 Å². The van der Waals surface area contributed by atoms with Crippen molar-refractivity contribution in [1.82, 2.24) is 20.4 Å². The van der Waals surface area contributed by atoms with Crippen molar-refractivity contribution in [2.45, 2.75) is 57.2 Å². The van der Waals surface area contributed by atoms with Gasteiger partial charge in [-0.25, -0.2) is 4.79 Å². The Morgan fingerprint density at radius 2 is 2.07 bits per heavy atom. The predicted octanol–water partition coefficient (Wildman–Crippen LogP) is 3.04. The topological polar surface area (TPSA) is 112 Å². The summed E-state index contributed by atoms with van der Waals surface area (Å²) in [5, 5.41) is 18.1. The van der Waals surface area contributed by atoms with Gasteiger partial charge in [0, 0.05) is 44.8 Å². The summed E-state index contributed by atoms with van der Waals surface area (Å²) in [5.74, 6) is 2.45. The second-order valence-electron chi connectivity index (χ2n) is 8.27. The number of ether oxygens (including phenoxy) is 1. The van der Waals surface area contributed by atoms with Crippen LogP contribution in [0.4, 0.5) is 4.79 Å². The normalized spacial score (nSPS) is 17.4. The van der Waals surface area contributed by atoms with Gasteiger partial charge < -0.3 is 15.0 Å². The van der Waals surface area contributed by atoms with Gasteiger partial charge in [0.2, 0.25) is 0 Å². The Hall–Kier alpha value is -2.16. The van der Waals surface area contributed by atoms with Crippen molar-refractivity contribution < 1.29 is 14.3 Å². The zero-order valence-electron chi connectivity index (χ0n) is 16.8. The number of nitrogens with zero attached hydrogens (tertiary/aromatic N) is 4. The number of carbonyl (C=O) groups is 2. The zero-order chi connectivity index (χ0) is 21.2. The maximum Gasteiger partial charge on any atom is 0.410 e. The minimum absolute atomic E-state index is 0.111. The Kier molecular flexibility index (Phi) is 6.16. The molecule has 1 fully saturated rings. The molecule has 1 aromatic rings. The summed E-state index contributed by atoms with van der Waals surface area (Å²) < 4.78 is 6.14. The molecule has 0 spiro atoms. The molecule has 1 saturated heterocycles. The molecule has 10 heteroatoms. The van der Waals surface area contributed by atoms with Crippen molar-refractivity contribution >= 4 is 34.6 Å². The number of hydrogen-bond acceptors (Lipinski definition) is 6. The van der Waals surface area contributed by atoms with Crippen LogP contribution >= 0.6 is 22.6 Å². The molecule has 0 radical (unpaired) electrons. The lowest BCUT2D eigenvalue weighted by Crippen LogP contribution is -2.50. The van der Waals surface area contributed by atoms with Crippen LogP contribution in [-0.2, 0) is 4.74 Å². The van der Waals surface area contributed by atoms with Gasteiger partial charge in [-0.15, -0.1) is 12.3 Å². The third-order valence-electron chi connectivity index (χ3n) is 4.75. The minimum atomic E-state index is -0.518. The molecule has 0 aromatic carbocycles. The Morgan fingerprint density at radius 1 is 1.38 bits per heavy atom. The maximum atomic E-state index is 12.5. The van der Waals surface area contributed by atoms with Crippen molar-refractivity contribution in [2.75, 3.05) is 19.6 Å². The van der Waals surface area contributed by atoms with Crippen LogP contribution in [0.15, 0.2) is 10.2 Å². The highest BCUT2D eigenvalue weighted by molar-refractivity contribution is 14.1. The van der Waals surface area contributed by atoms with Crippen LogP contribution in [0, 0.1) is 15.9 Å². The van der Waals surface area contributed by atoms with Gasteiger partial charge in [-0.3, -0.25) is 9.89 Å². The molecule has 0 unspecified atom stereocenters. The third-order valence-corrected chi connectivity index (χ3v) is 5.84. The average Bonchev–Trinajstić information content (AvgIpc) is 3.26. The number of nitrogens with one attached hydrogen (secondary N) is 2. The van der Waals surface area contributed by atoms with Crippen LogP contribution in [0.3, 0.4) is 0 Å². The first-order chi connectivity index (χ1) is 13.6. The van der Waals surface area contributed by atoms with E-state index in [2.05, 4.69) is 54.3 Å². The lowest BCUT2D eigenvalue weighted by Gasteiger charge is -2.39. The maximum absolute atomic E-state index is 12.5. The summed E-state index contributed by atoms with van der Waals surface area (Å²) in [5.41, 5.74) is 0.295. The van der Waals surface area contributed by atoms with Gasteiger partial charge in [0.25, 0.3) is 5.91 Å². The van der Waals surface area contributed by atoms with E-state index < -0.39 is 11.3 Å². The van der Waals surface area contributed by atoms with E-state index in [0.29, 0.717) is 44.6 Å². The fourth-order valence-electron chi connectivity index (χ4n) is 3.03. The molecule has 0 atom stereocenters. The number of carbonyl (C=O) groups excluding carboxylic acids is 2. The van der Waals surface area contributed by atoms with Gasteiger partial charge in [-0.05, 0) is 43.4 Å². The Bertz CT molecular complexity index is 854. The molecule has 2 N–H and O–H groups in total. The van der Waals surface area contributed by atoms with E-state index in [9.17, 15) is 9.59 Å². The first-order valence-electron chi connectivity index (χ1n) is 9.51. The number of rotatable bonds is 7. The van der Waals surface area contributed by atoms with Crippen LogP contribution in [0.5, 0.6) is 0 Å². The second-order valence-corrected chi connectivity index (χ2v) is 9.35. The van der Waals surface area contributed by atoms with E-state index >= 15 is 0 Å². The van der Waals surface area contributed by atoms with E-state index in [1.54, 1.807) is 4.90 Å². The smallest absolute Gasteiger partial charge is 0.410 e. The van der Waals surface area contributed by atoms with E-state index in [4.69, 9.17) is 11.2 Å². The van der Waals surface area contributed by atoms with Crippen LogP contribution in [0.25, 0.3) is 0 Å². The lowest BCUT2D eigenvalue weighted by molar-refractivity contribution is 0.00779. The molecule has 29 heavy (non-hydrogen) atoms. The number of aromatic nitrogens is 2. The van der Waals surface area contributed by atoms with Crippen LogP contribution < -0.4 is 5.32 Å². The van der Waals surface area contributed by atoms with E-state index in [0.717, 1.165) is 9.26 Å². The van der Waals surface area contributed by atoms with Gasteiger partial charge in [0.1, 0.15) is 5.60 Å². The van der Waals surface area contributed by atoms with E-state index in [-0.39, 0.29) is 17.9 Å². The number of terminal acetylenes is 1. The number of hydrogen-bond donors (Lipinski definition) is 2. The summed E-state index contributed by atoms with van der Waals surface area (Å²) in [6.45, 7) is 7.04. The Labute approximate surface area is 183 Å². The molecule has 3 rings (SSSR count). The van der Waals surface area contributed by atoms with Crippen LogP contribution in [0.1, 0.15) is 62.1 Å². The number of amides is 2. The molecule has 1 aromatic heterocycles. The quantitative estimate of drug-likeness (QED) is 0.432. The van der Waals surface area contributed by atoms with Crippen molar-refractivity contribution in [3.63, 3.8) is 0 Å². The predicted molar refractivity (Wildman–Crippen MR) is 114 cm³/mol. The van der Waals surface area contributed by atoms with Crippen LogP contribution in [0.2, 0.25) is 0 Å². The summed E-state index contributed by atoms with van der Waals surface area (Å²) in [6, 6.07) is 0. The summed E-state index contributed by atoms with van der Waals surface area (Å²) in [4.78, 5) is 26.2. The largest absolute Gasteiger partial charge is 0.444 e. The number of halogens is 1. The second kappa shape index (κ2) is 8.30. The Morgan fingerprint density at radius 3 is 2.66 bits per heavy atom. The lowest BCUT2D eigenvalue weighted by atomic mass is 9.97. The molecule has 156 valence electrons.